The Labute approximate surface area is 218 Å². The van der Waals surface area contributed by atoms with Crippen molar-refractivity contribution in [3.8, 4) is 45.8 Å². The Morgan fingerprint density at radius 3 is 2.19 bits per heavy atom. The quantitative estimate of drug-likeness (QED) is 0.168. The van der Waals surface area contributed by atoms with Crippen molar-refractivity contribution in [3.63, 3.8) is 0 Å². The van der Waals surface area contributed by atoms with Crippen LogP contribution >= 0.6 is 0 Å². The Bertz CT molecular complexity index is 1400. The maximum atomic E-state index is 10.5. The SMILES string of the molecule is [2H]C([2H])([2H])Oc1cc(-c2[o+]c3cc(O)cc(O)c3cc2O[C@H]2O[C@@H](CO)[C@H](O)[C@@H](O)[C@@H]2O)cc(OC([2H])([2H])[2H])c1O.[Cl-]. The molecule has 4 rings (SSSR count). The molecule has 36 heavy (non-hydrogen) atoms. The third kappa shape index (κ3) is 4.87. The average Bonchev–Trinajstić information content (AvgIpc) is 2.85. The van der Waals surface area contributed by atoms with Crippen molar-refractivity contribution in [2.75, 3.05) is 20.7 Å². The normalized spacial score (nSPS) is 26.8. The van der Waals surface area contributed by atoms with Gasteiger partial charge in [0.1, 0.15) is 41.3 Å². The summed E-state index contributed by atoms with van der Waals surface area (Å²) in [5.74, 6) is -4.16. The van der Waals surface area contributed by atoms with E-state index in [-0.39, 0.29) is 40.4 Å². The van der Waals surface area contributed by atoms with Crippen molar-refractivity contribution < 1.29 is 79.7 Å². The van der Waals surface area contributed by atoms with E-state index in [0.717, 1.165) is 30.3 Å². The first kappa shape index (κ1) is 19.9. The molecule has 1 fully saturated rings. The second-order valence-electron chi connectivity index (χ2n) is 7.66. The van der Waals surface area contributed by atoms with Crippen LogP contribution in [0.15, 0.2) is 34.7 Å². The summed E-state index contributed by atoms with van der Waals surface area (Å²) >= 11 is 0. The molecule has 1 aromatic heterocycles. The van der Waals surface area contributed by atoms with Crippen molar-refractivity contribution in [1.82, 2.24) is 0 Å². The van der Waals surface area contributed by atoms with Crippen LogP contribution in [0.5, 0.6) is 34.5 Å². The highest BCUT2D eigenvalue weighted by atomic mass is 35.5. The van der Waals surface area contributed by atoms with Gasteiger partial charge in [0.05, 0.1) is 40.5 Å². The smallest absolute Gasteiger partial charge is 0.402 e. The first-order valence-electron chi connectivity index (χ1n) is 13.0. The summed E-state index contributed by atoms with van der Waals surface area (Å²) in [6.07, 6.45) is -8.54. The molecule has 12 nitrogen and oxygen atoms in total. The minimum atomic E-state index is -3.11. The zero-order valence-electron chi connectivity index (χ0n) is 24.0. The van der Waals surface area contributed by atoms with Gasteiger partial charge < -0.3 is 67.1 Å². The van der Waals surface area contributed by atoms with Gasteiger partial charge in [0.15, 0.2) is 11.5 Å². The second kappa shape index (κ2) is 10.8. The number of aliphatic hydroxyl groups excluding tert-OH is 4. The number of ether oxygens (including phenoxy) is 4. The first-order chi connectivity index (χ1) is 19.0. The number of halogens is 1. The van der Waals surface area contributed by atoms with Crippen LogP contribution in [0.4, 0.5) is 0 Å². The van der Waals surface area contributed by atoms with Gasteiger partial charge in [0.2, 0.25) is 17.8 Å². The lowest BCUT2D eigenvalue weighted by molar-refractivity contribution is -0.277. The van der Waals surface area contributed by atoms with Crippen molar-refractivity contribution in [2.24, 2.45) is 0 Å². The van der Waals surface area contributed by atoms with Gasteiger partial charge in [-0.1, -0.05) is 0 Å². The first-order valence-corrected chi connectivity index (χ1v) is 10.0. The molecule has 0 saturated carbocycles. The fourth-order valence-electron chi connectivity index (χ4n) is 3.63. The Morgan fingerprint density at radius 1 is 0.917 bits per heavy atom. The van der Waals surface area contributed by atoms with Crippen LogP contribution in [0.3, 0.4) is 0 Å². The van der Waals surface area contributed by atoms with E-state index in [9.17, 15) is 35.7 Å². The zero-order valence-corrected chi connectivity index (χ0v) is 18.8. The molecule has 0 radical (unpaired) electrons. The Morgan fingerprint density at radius 2 is 1.58 bits per heavy atom. The number of hydrogen-bond donors (Lipinski definition) is 7. The lowest BCUT2D eigenvalue weighted by Crippen LogP contribution is -3.00. The highest BCUT2D eigenvalue weighted by molar-refractivity contribution is 5.88. The van der Waals surface area contributed by atoms with E-state index >= 15 is 0 Å². The van der Waals surface area contributed by atoms with Gasteiger partial charge >= 0.3 is 11.3 Å². The van der Waals surface area contributed by atoms with E-state index in [0.29, 0.717) is 0 Å². The van der Waals surface area contributed by atoms with E-state index in [4.69, 9.17) is 31.6 Å². The van der Waals surface area contributed by atoms with Crippen molar-refractivity contribution in [3.05, 3.63) is 30.3 Å². The van der Waals surface area contributed by atoms with E-state index < -0.39 is 80.1 Å². The Kier molecular flexibility index (Phi) is 5.95. The highest BCUT2D eigenvalue weighted by Gasteiger charge is 2.45. The lowest BCUT2D eigenvalue weighted by Gasteiger charge is -2.39. The largest absolute Gasteiger partial charge is 1.00 e. The Hall–Kier alpha value is -3.26. The topological polar surface area (TPSA) is 190 Å². The number of fused-ring (bicyclic) bond motifs is 1. The number of phenols is 3. The van der Waals surface area contributed by atoms with Gasteiger partial charge in [-0.05, 0) is 0 Å². The van der Waals surface area contributed by atoms with Crippen molar-refractivity contribution >= 4 is 11.0 Å². The molecular weight excluding hydrogens is 504 g/mol. The molecular formula is C23H25ClO12. The van der Waals surface area contributed by atoms with Crippen LogP contribution in [-0.4, -0.2) is 87.1 Å². The minimum absolute atomic E-state index is 0. The maximum Gasteiger partial charge on any atom is 0.402 e. The minimum Gasteiger partial charge on any atom is -1.00 e. The molecule has 0 amide bonds. The summed E-state index contributed by atoms with van der Waals surface area (Å²) < 4.78 is 70.9. The molecule has 1 aliphatic heterocycles. The monoisotopic (exact) mass is 534 g/mol. The molecule has 5 atom stereocenters. The van der Waals surface area contributed by atoms with Gasteiger partial charge in [0.25, 0.3) is 0 Å². The van der Waals surface area contributed by atoms with Crippen LogP contribution in [0.2, 0.25) is 0 Å². The van der Waals surface area contributed by atoms with Crippen LogP contribution < -0.4 is 26.6 Å². The fourth-order valence-corrected chi connectivity index (χ4v) is 3.63. The summed E-state index contributed by atoms with van der Waals surface area (Å²) in [4.78, 5) is 0. The molecule has 0 bridgehead atoms. The van der Waals surface area contributed by atoms with E-state index in [1.165, 1.54) is 0 Å². The number of methoxy groups -OCH3 is 2. The zero-order chi connectivity index (χ0) is 30.4. The highest BCUT2D eigenvalue weighted by Crippen LogP contribution is 2.45. The second-order valence-corrected chi connectivity index (χ2v) is 7.66. The number of benzene rings is 2. The number of aliphatic hydroxyl groups is 4. The molecule has 1 aliphatic rings. The van der Waals surface area contributed by atoms with Crippen LogP contribution in [-0.2, 0) is 4.74 Å². The summed E-state index contributed by atoms with van der Waals surface area (Å²) in [5, 5.41) is 71.0. The van der Waals surface area contributed by atoms with E-state index in [1.54, 1.807) is 0 Å². The summed E-state index contributed by atoms with van der Waals surface area (Å²) in [6, 6.07) is 5.07. The standard InChI is InChI=1S/C23H24O12.ClH/c1-31-14-3-9(4-15(32-2)18(14)27)22-16(7-11-12(26)5-10(25)6-13(11)33-22)34-23-21(30)20(29)19(28)17(8-24)35-23;/h3-7,17,19-21,23-24,28-30H,8H2,1-2H3,(H2-,25,26,27);1H/t17-,19-,20+,21-,23-;/m0./s1/i1D3,2D3;. The van der Waals surface area contributed by atoms with Crippen LogP contribution in [0, 0.1) is 0 Å². The van der Waals surface area contributed by atoms with Gasteiger partial charge in [-0.3, -0.25) is 0 Å². The molecule has 2 heterocycles. The van der Waals surface area contributed by atoms with Crippen LogP contribution in [0.1, 0.15) is 8.22 Å². The molecule has 13 heteroatoms. The molecule has 0 aliphatic carbocycles. The molecule has 7 N–H and O–H groups in total. The van der Waals surface area contributed by atoms with Gasteiger partial charge in [-0.2, -0.15) is 0 Å². The maximum absolute atomic E-state index is 10.5. The third-order valence-electron chi connectivity index (χ3n) is 5.43. The van der Waals surface area contributed by atoms with Gasteiger partial charge in [0, 0.05) is 24.3 Å². The van der Waals surface area contributed by atoms with E-state index in [1.807, 2.05) is 0 Å². The van der Waals surface area contributed by atoms with Crippen molar-refractivity contribution in [2.45, 2.75) is 30.7 Å². The summed E-state index contributed by atoms with van der Waals surface area (Å²) in [5.41, 5.74) is -0.395. The fraction of sp³-hybridized carbons (Fsp3) is 0.348. The predicted molar refractivity (Wildman–Crippen MR) is 119 cm³/mol. The third-order valence-corrected chi connectivity index (χ3v) is 5.43. The van der Waals surface area contributed by atoms with Crippen molar-refractivity contribution in [1.29, 1.82) is 0 Å². The Balaban J connectivity index is 0.00000484. The van der Waals surface area contributed by atoms with Gasteiger partial charge in [-0.25, -0.2) is 4.42 Å². The molecule has 3 aromatic rings. The molecule has 196 valence electrons. The van der Waals surface area contributed by atoms with E-state index in [2.05, 4.69) is 0 Å². The van der Waals surface area contributed by atoms with Gasteiger partial charge in [-0.15, -0.1) is 0 Å². The summed E-state index contributed by atoms with van der Waals surface area (Å²) in [7, 11) is -6.22. The molecule has 2 aromatic carbocycles. The summed E-state index contributed by atoms with van der Waals surface area (Å²) in [6.45, 7) is -0.774. The molecule has 1 saturated heterocycles. The molecule has 0 unspecified atom stereocenters. The average molecular weight is 535 g/mol. The predicted octanol–water partition coefficient (Wildman–Crippen LogP) is -2.30. The number of phenolic OH excluding ortho intramolecular Hbond substituents is 3. The number of aromatic hydroxyl groups is 3. The van der Waals surface area contributed by atoms with Crippen LogP contribution in [0.25, 0.3) is 22.3 Å². The lowest BCUT2D eigenvalue weighted by atomic mass is 9.99. The number of hydrogen-bond acceptors (Lipinski definition) is 11. The molecule has 0 spiro atoms. The number of rotatable bonds is 6.